The fourth-order valence-electron chi connectivity index (χ4n) is 2.61. The summed E-state index contributed by atoms with van der Waals surface area (Å²) in [5.74, 6) is 0.314. The van der Waals surface area contributed by atoms with Gasteiger partial charge in [0.25, 0.3) is 5.56 Å². The Morgan fingerprint density at radius 3 is 3.04 bits per heavy atom. The highest BCUT2D eigenvalue weighted by atomic mass is 79.9. The Bertz CT molecular complexity index is 1110. The predicted molar refractivity (Wildman–Crippen MR) is 104 cm³/mol. The summed E-state index contributed by atoms with van der Waals surface area (Å²) in [7, 11) is 0. The Labute approximate surface area is 168 Å². The topological polar surface area (TPSA) is 114 Å². The van der Waals surface area contributed by atoms with Crippen molar-refractivity contribution in [3.63, 3.8) is 0 Å². The van der Waals surface area contributed by atoms with Crippen molar-refractivity contribution in [2.45, 2.75) is 19.9 Å². The van der Waals surface area contributed by atoms with Crippen molar-refractivity contribution >= 4 is 27.4 Å². The van der Waals surface area contributed by atoms with Crippen LogP contribution in [0, 0.1) is 18.3 Å². The van der Waals surface area contributed by atoms with Crippen LogP contribution in [0.5, 0.6) is 5.75 Å². The van der Waals surface area contributed by atoms with E-state index in [0.29, 0.717) is 46.8 Å². The van der Waals surface area contributed by atoms with Crippen LogP contribution in [0.4, 0.5) is 0 Å². The lowest BCUT2D eigenvalue weighted by molar-refractivity contribution is -0.121. The molecule has 144 valence electrons. The molecule has 0 aliphatic heterocycles. The molecule has 28 heavy (non-hydrogen) atoms. The van der Waals surface area contributed by atoms with Crippen LogP contribution in [0.1, 0.15) is 17.7 Å². The minimum Gasteiger partial charge on any atom is -0.493 e. The summed E-state index contributed by atoms with van der Waals surface area (Å²) in [6.07, 6.45) is 1.90. The summed E-state index contributed by atoms with van der Waals surface area (Å²) in [5, 5.41) is 15.7. The second-order valence-corrected chi connectivity index (χ2v) is 6.69. The van der Waals surface area contributed by atoms with Gasteiger partial charge in [-0.2, -0.15) is 10.4 Å². The Hall–Kier alpha value is -3.19. The van der Waals surface area contributed by atoms with E-state index in [1.54, 1.807) is 31.2 Å². The van der Waals surface area contributed by atoms with Crippen LogP contribution in [-0.4, -0.2) is 38.2 Å². The Kier molecular flexibility index (Phi) is 6.06. The number of nitrogens with zero attached hydrogens (tertiary/aromatic N) is 5. The first kappa shape index (κ1) is 19.6. The normalized spacial score (nSPS) is 10.6. The van der Waals surface area contributed by atoms with Crippen molar-refractivity contribution in [1.82, 2.24) is 24.5 Å². The number of hydrogen-bond donors (Lipinski definition) is 1. The number of aryl methyl sites for hydroxylation is 1. The predicted octanol–water partition coefficient (Wildman–Crippen LogP) is 1.42. The lowest BCUT2D eigenvalue weighted by atomic mass is 10.2. The van der Waals surface area contributed by atoms with Crippen molar-refractivity contribution < 1.29 is 9.53 Å². The SMILES string of the molecule is Cc1nc(Br)n2ncn(CC(=O)NCCCOc3cccc(C#N)c3)c(=O)c12. The van der Waals surface area contributed by atoms with E-state index < -0.39 is 0 Å². The molecule has 0 atom stereocenters. The van der Waals surface area contributed by atoms with E-state index in [1.165, 1.54) is 15.4 Å². The Morgan fingerprint density at radius 2 is 2.25 bits per heavy atom. The van der Waals surface area contributed by atoms with Gasteiger partial charge in [-0.1, -0.05) is 6.07 Å². The van der Waals surface area contributed by atoms with Gasteiger partial charge in [0, 0.05) is 6.54 Å². The lowest BCUT2D eigenvalue weighted by Gasteiger charge is -2.09. The molecule has 1 aromatic carbocycles. The van der Waals surface area contributed by atoms with Crippen LogP contribution < -0.4 is 15.6 Å². The number of imidazole rings is 1. The minimum absolute atomic E-state index is 0.129. The minimum atomic E-state index is -0.332. The zero-order valence-corrected chi connectivity index (χ0v) is 16.6. The van der Waals surface area contributed by atoms with Crippen molar-refractivity contribution in [3.8, 4) is 11.8 Å². The van der Waals surface area contributed by atoms with E-state index in [4.69, 9.17) is 10.00 Å². The summed E-state index contributed by atoms with van der Waals surface area (Å²) < 4.78 is 8.63. The van der Waals surface area contributed by atoms with Gasteiger partial charge in [-0.15, -0.1) is 0 Å². The van der Waals surface area contributed by atoms with Crippen molar-refractivity contribution in [1.29, 1.82) is 5.26 Å². The lowest BCUT2D eigenvalue weighted by Crippen LogP contribution is -2.34. The van der Waals surface area contributed by atoms with Gasteiger partial charge in [0.1, 0.15) is 18.6 Å². The van der Waals surface area contributed by atoms with Crippen LogP contribution >= 0.6 is 15.9 Å². The molecule has 0 radical (unpaired) electrons. The van der Waals surface area contributed by atoms with E-state index >= 15 is 0 Å². The van der Waals surface area contributed by atoms with E-state index in [1.807, 2.05) is 6.07 Å². The fraction of sp³-hybridized carbons (Fsp3) is 0.278. The number of amides is 1. The number of nitriles is 1. The van der Waals surface area contributed by atoms with Crippen molar-refractivity contribution in [2.75, 3.05) is 13.2 Å². The van der Waals surface area contributed by atoms with Crippen molar-refractivity contribution in [3.05, 3.63) is 56.9 Å². The van der Waals surface area contributed by atoms with Crippen molar-refractivity contribution in [2.24, 2.45) is 0 Å². The molecular weight excluding hydrogens is 428 g/mol. The van der Waals surface area contributed by atoms with Crippen LogP contribution in [-0.2, 0) is 11.3 Å². The molecule has 0 saturated carbocycles. The fourth-order valence-corrected chi connectivity index (χ4v) is 3.14. The largest absolute Gasteiger partial charge is 0.493 e. The molecular formula is C18H17BrN6O3. The first-order valence-electron chi connectivity index (χ1n) is 8.49. The number of nitrogens with one attached hydrogen (secondary N) is 1. The summed E-state index contributed by atoms with van der Waals surface area (Å²) in [6.45, 7) is 2.37. The van der Waals surface area contributed by atoms with Gasteiger partial charge in [0.05, 0.1) is 23.9 Å². The van der Waals surface area contributed by atoms with Gasteiger partial charge in [0.2, 0.25) is 5.91 Å². The highest BCUT2D eigenvalue weighted by molar-refractivity contribution is 9.10. The monoisotopic (exact) mass is 444 g/mol. The highest BCUT2D eigenvalue weighted by Gasteiger charge is 2.14. The molecule has 0 aliphatic carbocycles. The number of halogens is 1. The smallest absolute Gasteiger partial charge is 0.280 e. The molecule has 0 bridgehead atoms. The second-order valence-electron chi connectivity index (χ2n) is 5.98. The van der Waals surface area contributed by atoms with E-state index in [2.05, 4.69) is 31.3 Å². The third kappa shape index (κ3) is 4.37. The maximum absolute atomic E-state index is 12.5. The number of hydrogen-bond acceptors (Lipinski definition) is 6. The van der Waals surface area contributed by atoms with Gasteiger partial charge in [0.15, 0.2) is 10.3 Å². The average molecular weight is 445 g/mol. The summed E-state index contributed by atoms with van der Waals surface area (Å²) in [6, 6.07) is 8.93. The van der Waals surface area contributed by atoms with Crippen LogP contribution in [0.2, 0.25) is 0 Å². The Balaban J connectivity index is 1.49. The van der Waals surface area contributed by atoms with Crippen LogP contribution in [0.25, 0.3) is 5.52 Å². The standard InChI is InChI=1S/C18H17BrN6O3/c1-12-16-17(27)24(11-22-25(16)18(19)23-12)10-15(26)21-6-3-7-28-14-5-2-4-13(8-14)9-20/h2,4-5,8,11H,3,6-7,10H2,1H3,(H,21,26). The number of aromatic nitrogens is 4. The third-order valence-electron chi connectivity index (χ3n) is 3.95. The van der Waals surface area contributed by atoms with Gasteiger partial charge in [-0.25, -0.2) is 9.50 Å². The number of ether oxygens (including phenoxy) is 1. The maximum atomic E-state index is 12.5. The quantitative estimate of drug-likeness (QED) is 0.551. The number of rotatable bonds is 7. The molecule has 3 aromatic rings. The molecule has 1 amide bonds. The first-order valence-corrected chi connectivity index (χ1v) is 9.29. The number of benzene rings is 1. The first-order chi connectivity index (χ1) is 13.5. The number of fused-ring (bicyclic) bond motifs is 1. The van der Waals surface area contributed by atoms with Crippen LogP contribution in [0.3, 0.4) is 0 Å². The van der Waals surface area contributed by atoms with E-state index in [9.17, 15) is 9.59 Å². The molecule has 0 unspecified atom stereocenters. The maximum Gasteiger partial charge on any atom is 0.280 e. The van der Waals surface area contributed by atoms with Gasteiger partial charge in [-0.05, 0) is 47.5 Å². The molecule has 2 aromatic heterocycles. The Morgan fingerprint density at radius 1 is 1.43 bits per heavy atom. The van der Waals surface area contributed by atoms with E-state index in [0.717, 1.165) is 0 Å². The molecule has 0 fully saturated rings. The highest BCUT2D eigenvalue weighted by Crippen LogP contribution is 2.13. The summed E-state index contributed by atoms with van der Waals surface area (Å²) in [5.41, 5.74) is 1.07. The van der Waals surface area contributed by atoms with E-state index in [-0.39, 0.29) is 18.0 Å². The van der Waals surface area contributed by atoms with Crippen LogP contribution in [0.15, 0.2) is 40.1 Å². The number of carbonyl (C=O) groups is 1. The molecule has 0 aliphatic rings. The molecule has 9 nitrogen and oxygen atoms in total. The van der Waals surface area contributed by atoms with Gasteiger partial charge < -0.3 is 10.1 Å². The average Bonchev–Trinajstić information content (AvgIpc) is 2.98. The zero-order valence-electron chi connectivity index (χ0n) is 15.1. The molecule has 0 saturated heterocycles. The molecule has 2 heterocycles. The summed E-state index contributed by atoms with van der Waals surface area (Å²) >= 11 is 3.24. The molecule has 3 rings (SSSR count). The molecule has 10 heteroatoms. The number of carbonyl (C=O) groups excluding carboxylic acids is 1. The van der Waals surface area contributed by atoms with Gasteiger partial charge in [-0.3, -0.25) is 14.2 Å². The van der Waals surface area contributed by atoms with Gasteiger partial charge >= 0.3 is 0 Å². The third-order valence-corrected chi connectivity index (χ3v) is 4.46. The molecule has 1 N–H and O–H groups in total. The zero-order chi connectivity index (χ0) is 20.1. The molecule has 0 spiro atoms. The second kappa shape index (κ2) is 8.67. The summed E-state index contributed by atoms with van der Waals surface area (Å²) in [4.78, 5) is 28.8.